The fraction of sp³-hybridized carbons (Fsp3) is 0.364. The summed E-state index contributed by atoms with van der Waals surface area (Å²) in [6, 6.07) is 1.46. The summed E-state index contributed by atoms with van der Waals surface area (Å²) in [6.07, 6.45) is -4.98. The summed E-state index contributed by atoms with van der Waals surface area (Å²) < 4.78 is 75.8. The largest absolute Gasteiger partial charge is 0.419 e. The predicted molar refractivity (Wildman–Crippen MR) is 65.0 cm³/mol. The third kappa shape index (κ3) is 5.43. The number of alkyl halides is 5. The van der Waals surface area contributed by atoms with Crippen LogP contribution in [-0.4, -0.2) is 24.9 Å². The fourth-order valence-corrected chi connectivity index (χ4v) is 1.27. The molecule has 0 radical (unpaired) electrons. The summed E-state index contributed by atoms with van der Waals surface area (Å²) in [4.78, 5) is 11.4. The molecule has 0 fully saturated rings. The van der Waals surface area contributed by atoms with E-state index in [1.165, 1.54) is 0 Å². The van der Waals surface area contributed by atoms with Crippen molar-refractivity contribution in [2.75, 3.05) is 13.1 Å². The second kappa shape index (κ2) is 6.99. The van der Waals surface area contributed by atoms with Gasteiger partial charge in [-0.15, -0.1) is 12.4 Å². The van der Waals surface area contributed by atoms with E-state index in [1.54, 1.807) is 5.32 Å². The minimum Gasteiger partial charge on any atom is -0.346 e. The Balaban J connectivity index is 0.00000400. The summed E-state index contributed by atoms with van der Waals surface area (Å²) in [5, 5.41) is 1.73. The first-order valence-corrected chi connectivity index (χ1v) is 5.29. The quantitative estimate of drug-likeness (QED) is 0.830. The maximum Gasteiger partial charge on any atom is 0.419 e. The number of carbonyl (C=O) groups excluding carboxylic acids is 1. The van der Waals surface area contributed by atoms with Crippen molar-refractivity contribution in [1.82, 2.24) is 5.32 Å². The lowest BCUT2D eigenvalue weighted by molar-refractivity contribution is -0.140. The van der Waals surface area contributed by atoms with Crippen LogP contribution in [0, 0.1) is 5.82 Å². The van der Waals surface area contributed by atoms with E-state index in [-0.39, 0.29) is 18.5 Å². The van der Waals surface area contributed by atoms with E-state index in [1.807, 2.05) is 0 Å². The summed E-state index contributed by atoms with van der Waals surface area (Å²) in [5.74, 6) is -6.10. The third-order valence-electron chi connectivity index (χ3n) is 2.34. The number of rotatable bonds is 4. The van der Waals surface area contributed by atoms with E-state index in [4.69, 9.17) is 5.73 Å². The van der Waals surface area contributed by atoms with Gasteiger partial charge in [0.15, 0.2) is 0 Å². The summed E-state index contributed by atoms with van der Waals surface area (Å²) in [5.41, 5.74) is 2.51. The monoisotopic (exact) mass is 336 g/mol. The Hall–Kier alpha value is -1.48. The van der Waals surface area contributed by atoms with E-state index >= 15 is 0 Å². The number of halogens is 7. The van der Waals surface area contributed by atoms with Gasteiger partial charge >= 0.3 is 6.18 Å². The average Bonchev–Trinajstić information content (AvgIpc) is 2.35. The molecule has 0 aliphatic heterocycles. The van der Waals surface area contributed by atoms with E-state index in [0.29, 0.717) is 6.07 Å². The Bertz CT molecular complexity index is 506. The second-order valence-electron chi connectivity index (χ2n) is 3.94. The van der Waals surface area contributed by atoms with Crippen molar-refractivity contribution in [2.24, 2.45) is 5.73 Å². The highest BCUT2D eigenvalue weighted by Crippen LogP contribution is 2.31. The molecule has 0 heterocycles. The molecule has 1 amide bonds. The molecule has 0 atom stereocenters. The van der Waals surface area contributed by atoms with Crippen molar-refractivity contribution in [3.63, 3.8) is 0 Å². The van der Waals surface area contributed by atoms with Crippen LogP contribution in [0.15, 0.2) is 18.2 Å². The van der Waals surface area contributed by atoms with Crippen LogP contribution in [-0.2, 0) is 6.18 Å². The van der Waals surface area contributed by atoms with Crippen molar-refractivity contribution >= 4 is 18.3 Å². The third-order valence-corrected chi connectivity index (χ3v) is 2.34. The Kier molecular flexibility index (Phi) is 6.50. The molecule has 0 aromatic heterocycles. The van der Waals surface area contributed by atoms with Gasteiger partial charge in [0.1, 0.15) is 5.82 Å². The van der Waals surface area contributed by atoms with Gasteiger partial charge in [-0.05, 0) is 18.2 Å². The van der Waals surface area contributed by atoms with Crippen LogP contribution >= 0.6 is 12.4 Å². The smallest absolute Gasteiger partial charge is 0.346 e. The first-order valence-electron chi connectivity index (χ1n) is 5.29. The number of benzene rings is 1. The zero-order valence-electron chi connectivity index (χ0n) is 10.3. The van der Waals surface area contributed by atoms with Gasteiger partial charge in [-0.1, -0.05) is 0 Å². The van der Waals surface area contributed by atoms with Gasteiger partial charge in [0, 0.05) is 5.56 Å². The molecular formula is C11H11ClF6N2O. The van der Waals surface area contributed by atoms with Crippen LogP contribution in [0.1, 0.15) is 15.9 Å². The van der Waals surface area contributed by atoms with E-state index in [0.717, 1.165) is 6.07 Å². The normalized spacial score (nSPS) is 11.8. The predicted octanol–water partition coefficient (Wildman–Crippen LogP) is 2.59. The highest BCUT2D eigenvalue weighted by molar-refractivity contribution is 5.94. The molecule has 120 valence electrons. The molecule has 1 aromatic carbocycles. The lowest BCUT2D eigenvalue weighted by atomic mass is 10.1. The molecule has 0 aliphatic carbocycles. The van der Waals surface area contributed by atoms with E-state index < -0.39 is 48.0 Å². The SMILES string of the molecule is Cl.NCC(F)(F)CNC(=O)c1ccc(F)c(C(F)(F)F)c1. The number of nitrogens with one attached hydrogen (secondary N) is 1. The Morgan fingerprint density at radius 2 is 1.76 bits per heavy atom. The highest BCUT2D eigenvalue weighted by atomic mass is 35.5. The topological polar surface area (TPSA) is 55.1 Å². The molecule has 3 nitrogen and oxygen atoms in total. The van der Waals surface area contributed by atoms with Gasteiger partial charge < -0.3 is 11.1 Å². The maximum atomic E-state index is 13.0. The van der Waals surface area contributed by atoms with Crippen LogP contribution in [0.4, 0.5) is 26.3 Å². The Morgan fingerprint density at radius 1 is 1.19 bits per heavy atom. The zero-order chi connectivity index (χ0) is 15.6. The molecule has 3 N–H and O–H groups in total. The minimum atomic E-state index is -4.98. The lowest BCUT2D eigenvalue weighted by Crippen LogP contribution is -2.41. The fourth-order valence-electron chi connectivity index (χ4n) is 1.27. The van der Waals surface area contributed by atoms with Crippen molar-refractivity contribution in [1.29, 1.82) is 0 Å². The van der Waals surface area contributed by atoms with Crippen molar-refractivity contribution in [3.8, 4) is 0 Å². The number of hydrogen-bond acceptors (Lipinski definition) is 2. The van der Waals surface area contributed by atoms with Gasteiger partial charge in [0.05, 0.1) is 18.7 Å². The molecule has 21 heavy (non-hydrogen) atoms. The maximum absolute atomic E-state index is 13.0. The molecule has 0 saturated heterocycles. The van der Waals surface area contributed by atoms with Gasteiger partial charge in [-0.25, -0.2) is 13.2 Å². The van der Waals surface area contributed by atoms with Gasteiger partial charge in [0.25, 0.3) is 11.8 Å². The molecule has 0 spiro atoms. The number of amides is 1. The standard InChI is InChI=1S/C11H10F6N2O.ClH/c12-8-2-1-6(3-7(8)11(15,16)17)9(20)19-5-10(13,14)4-18;/h1-3H,4-5,18H2,(H,19,20);1H. The van der Waals surface area contributed by atoms with Crippen LogP contribution in [0.2, 0.25) is 0 Å². The molecule has 0 unspecified atom stereocenters. The molecule has 0 saturated carbocycles. The van der Waals surface area contributed by atoms with Gasteiger partial charge in [-0.3, -0.25) is 4.79 Å². The number of carbonyl (C=O) groups is 1. The molecular weight excluding hydrogens is 326 g/mol. The minimum absolute atomic E-state index is 0. The Labute approximate surface area is 121 Å². The van der Waals surface area contributed by atoms with Gasteiger partial charge in [0.2, 0.25) is 0 Å². The van der Waals surface area contributed by atoms with Crippen LogP contribution in [0.5, 0.6) is 0 Å². The first-order chi connectivity index (χ1) is 9.07. The number of hydrogen-bond donors (Lipinski definition) is 2. The Morgan fingerprint density at radius 3 is 2.24 bits per heavy atom. The van der Waals surface area contributed by atoms with Gasteiger partial charge in [-0.2, -0.15) is 13.2 Å². The number of nitrogens with two attached hydrogens (primary N) is 1. The summed E-state index contributed by atoms with van der Waals surface area (Å²) in [6.45, 7) is -2.15. The van der Waals surface area contributed by atoms with Crippen LogP contribution in [0.25, 0.3) is 0 Å². The second-order valence-corrected chi connectivity index (χ2v) is 3.94. The summed E-state index contributed by atoms with van der Waals surface area (Å²) in [7, 11) is 0. The van der Waals surface area contributed by atoms with Crippen molar-refractivity contribution in [2.45, 2.75) is 12.1 Å². The first kappa shape index (κ1) is 19.5. The van der Waals surface area contributed by atoms with Crippen LogP contribution < -0.4 is 11.1 Å². The highest BCUT2D eigenvalue weighted by Gasteiger charge is 2.35. The van der Waals surface area contributed by atoms with E-state index in [2.05, 4.69) is 0 Å². The lowest BCUT2D eigenvalue weighted by Gasteiger charge is -2.15. The molecule has 0 bridgehead atoms. The van der Waals surface area contributed by atoms with Crippen LogP contribution in [0.3, 0.4) is 0 Å². The molecule has 1 aromatic rings. The molecule has 1 rings (SSSR count). The molecule has 0 aliphatic rings. The van der Waals surface area contributed by atoms with E-state index in [9.17, 15) is 31.1 Å². The van der Waals surface area contributed by atoms with Crippen molar-refractivity contribution in [3.05, 3.63) is 35.1 Å². The zero-order valence-corrected chi connectivity index (χ0v) is 11.1. The molecule has 10 heteroatoms. The average molecular weight is 337 g/mol. The van der Waals surface area contributed by atoms with Crippen molar-refractivity contribution < 1.29 is 31.1 Å². The summed E-state index contributed by atoms with van der Waals surface area (Å²) >= 11 is 0.